The van der Waals surface area contributed by atoms with Crippen molar-refractivity contribution in [1.82, 2.24) is 4.57 Å². The monoisotopic (exact) mass is 381 g/mol. The number of nitrogens with zero attached hydrogens (tertiary/aromatic N) is 1. The Morgan fingerprint density at radius 3 is 2.43 bits per heavy atom. The lowest BCUT2D eigenvalue weighted by atomic mass is 10.1. The number of aromatic hydroxyl groups is 1. The van der Waals surface area contributed by atoms with Crippen LogP contribution in [0.2, 0.25) is 5.02 Å². The summed E-state index contributed by atoms with van der Waals surface area (Å²) in [6.07, 6.45) is -4.63. The topological polar surface area (TPSA) is 42.2 Å². The van der Waals surface area contributed by atoms with Crippen LogP contribution in [0.4, 0.5) is 13.2 Å². The fraction of sp³-hybridized carbons (Fsp3) is 0.154. The Labute approximate surface area is 130 Å². The van der Waals surface area contributed by atoms with Crippen molar-refractivity contribution in [2.75, 3.05) is 0 Å². The van der Waals surface area contributed by atoms with Crippen LogP contribution in [0.3, 0.4) is 0 Å². The van der Waals surface area contributed by atoms with Crippen LogP contribution < -0.4 is 5.56 Å². The van der Waals surface area contributed by atoms with Gasteiger partial charge in [-0.25, -0.2) is 0 Å². The number of halogens is 5. The van der Waals surface area contributed by atoms with Gasteiger partial charge in [0, 0.05) is 23.2 Å². The number of rotatable bonds is 1. The number of phenols is 1. The first-order chi connectivity index (χ1) is 9.62. The van der Waals surface area contributed by atoms with Crippen molar-refractivity contribution < 1.29 is 18.3 Å². The van der Waals surface area contributed by atoms with E-state index in [1.807, 2.05) is 0 Å². The number of phenolic OH excluding ortho intramolecular Hbond substituents is 1. The zero-order valence-corrected chi connectivity index (χ0v) is 12.8. The second kappa shape index (κ2) is 5.38. The molecule has 0 saturated carbocycles. The molecule has 0 aliphatic rings. The first kappa shape index (κ1) is 15.9. The second-order valence-corrected chi connectivity index (χ2v) is 5.54. The summed E-state index contributed by atoms with van der Waals surface area (Å²) in [4.78, 5) is 12.1. The predicted molar refractivity (Wildman–Crippen MR) is 76.5 cm³/mol. The highest BCUT2D eigenvalue weighted by atomic mass is 79.9. The van der Waals surface area contributed by atoms with Crippen LogP contribution in [0.25, 0.3) is 11.1 Å². The van der Waals surface area contributed by atoms with Gasteiger partial charge in [0.2, 0.25) is 0 Å². The van der Waals surface area contributed by atoms with Crippen LogP contribution >= 0.6 is 27.5 Å². The first-order valence-corrected chi connectivity index (χ1v) is 6.75. The molecular weight excluding hydrogens is 374 g/mol. The molecule has 3 nitrogen and oxygen atoms in total. The van der Waals surface area contributed by atoms with Gasteiger partial charge in [0.15, 0.2) is 0 Å². The summed E-state index contributed by atoms with van der Waals surface area (Å²) < 4.78 is 39.0. The summed E-state index contributed by atoms with van der Waals surface area (Å²) in [5.41, 5.74) is -1.79. The number of aromatic nitrogens is 1. The van der Waals surface area contributed by atoms with Crippen molar-refractivity contribution in [3.8, 4) is 16.9 Å². The zero-order valence-electron chi connectivity index (χ0n) is 10.5. The summed E-state index contributed by atoms with van der Waals surface area (Å²) in [6.45, 7) is 0. The number of hydrogen-bond acceptors (Lipinski definition) is 2. The van der Waals surface area contributed by atoms with Crippen molar-refractivity contribution in [2.24, 2.45) is 7.05 Å². The molecule has 0 amide bonds. The Balaban J connectivity index is 2.71. The SMILES string of the molecule is Cn1c(C(F)(F)F)ccc(-c2cc(O)c(Br)cc2Cl)c1=O. The van der Waals surface area contributed by atoms with Crippen LogP contribution in [-0.2, 0) is 13.2 Å². The molecule has 0 bridgehead atoms. The Morgan fingerprint density at radius 1 is 1.24 bits per heavy atom. The molecule has 0 radical (unpaired) electrons. The average Bonchev–Trinajstić information content (AvgIpc) is 2.36. The quantitative estimate of drug-likeness (QED) is 0.803. The summed E-state index contributed by atoms with van der Waals surface area (Å²) in [6, 6.07) is 4.42. The highest BCUT2D eigenvalue weighted by Gasteiger charge is 2.34. The van der Waals surface area contributed by atoms with Gasteiger partial charge in [-0.05, 0) is 40.2 Å². The molecule has 8 heteroatoms. The molecule has 1 N–H and O–H groups in total. The minimum Gasteiger partial charge on any atom is -0.507 e. The molecular formula is C13H8BrClF3NO2. The fourth-order valence-corrected chi connectivity index (χ4v) is 2.61. The molecule has 0 saturated heterocycles. The molecule has 1 aromatic carbocycles. The maximum absolute atomic E-state index is 12.7. The van der Waals surface area contributed by atoms with Gasteiger partial charge in [-0.1, -0.05) is 11.6 Å². The van der Waals surface area contributed by atoms with E-state index in [1.54, 1.807) is 0 Å². The van der Waals surface area contributed by atoms with Crippen molar-refractivity contribution in [2.45, 2.75) is 6.18 Å². The molecule has 2 rings (SSSR count). The number of hydrogen-bond donors (Lipinski definition) is 1. The van der Waals surface area contributed by atoms with Crippen LogP contribution in [0.15, 0.2) is 33.5 Å². The summed E-state index contributed by atoms with van der Waals surface area (Å²) in [7, 11) is 1.03. The van der Waals surface area contributed by atoms with Crippen LogP contribution in [0.1, 0.15) is 5.69 Å². The number of alkyl halides is 3. The molecule has 0 atom stereocenters. The molecule has 0 fully saturated rings. The standard InChI is InChI=1S/C13H8BrClF3NO2/c1-19-11(13(16,17)18)3-2-6(12(19)21)7-4-10(20)8(14)5-9(7)15/h2-5,20H,1H3. The van der Waals surface area contributed by atoms with Gasteiger partial charge in [0.1, 0.15) is 11.4 Å². The minimum atomic E-state index is -4.63. The van der Waals surface area contributed by atoms with Crippen molar-refractivity contribution in [1.29, 1.82) is 0 Å². The Kier molecular flexibility index (Phi) is 4.08. The average molecular weight is 383 g/mol. The molecule has 1 aromatic heterocycles. The zero-order chi connectivity index (χ0) is 15.9. The van der Waals surface area contributed by atoms with Gasteiger partial charge in [0.05, 0.1) is 4.47 Å². The normalized spacial score (nSPS) is 11.7. The molecule has 0 aliphatic carbocycles. The maximum Gasteiger partial charge on any atom is 0.431 e. The summed E-state index contributed by atoms with van der Waals surface area (Å²) in [5.74, 6) is -0.170. The molecule has 0 unspecified atom stereocenters. The van der Waals surface area contributed by atoms with Crippen molar-refractivity contribution in [3.05, 3.63) is 49.8 Å². The van der Waals surface area contributed by atoms with E-state index in [4.69, 9.17) is 11.6 Å². The van der Waals surface area contributed by atoms with Crippen molar-refractivity contribution >= 4 is 27.5 Å². The lowest BCUT2D eigenvalue weighted by Gasteiger charge is -2.14. The summed E-state index contributed by atoms with van der Waals surface area (Å²) in [5, 5.41) is 9.77. The lowest BCUT2D eigenvalue weighted by Crippen LogP contribution is -2.26. The highest BCUT2D eigenvalue weighted by molar-refractivity contribution is 9.10. The van der Waals surface area contributed by atoms with Gasteiger partial charge >= 0.3 is 6.18 Å². The largest absolute Gasteiger partial charge is 0.507 e. The first-order valence-electron chi connectivity index (χ1n) is 5.58. The molecule has 2 aromatic rings. The van der Waals surface area contributed by atoms with E-state index < -0.39 is 17.4 Å². The molecule has 1 heterocycles. The van der Waals surface area contributed by atoms with E-state index >= 15 is 0 Å². The summed E-state index contributed by atoms with van der Waals surface area (Å²) >= 11 is 9.04. The van der Waals surface area contributed by atoms with Gasteiger partial charge in [-0.3, -0.25) is 4.79 Å². The van der Waals surface area contributed by atoms with Gasteiger partial charge in [-0.2, -0.15) is 13.2 Å². The molecule has 0 spiro atoms. The number of pyridine rings is 1. The van der Waals surface area contributed by atoms with Gasteiger partial charge < -0.3 is 9.67 Å². The molecule has 21 heavy (non-hydrogen) atoms. The van der Waals surface area contributed by atoms with E-state index in [9.17, 15) is 23.1 Å². The third-order valence-corrected chi connectivity index (χ3v) is 3.87. The lowest BCUT2D eigenvalue weighted by molar-refractivity contribution is -0.143. The smallest absolute Gasteiger partial charge is 0.431 e. The third-order valence-electron chi connectivity index (χ3n) is 2.92. The maximum atomic E-state index is 12.7. The Morgan fingerprint density at radius 2 is 1.86 bits per heavy atom. The Hall–Kier alpha value is -1.47. The third kappa shape index (κ3) is 2.94. The second-order valence-electron chi connectivity index (χ2n) is 4.28. The Bertz CT molecular complexity index is 771. The number of benzene rings is 1. The molecule has 112 valence electrons. The van der Waals surface area contributed by atoms with Gasteiger partial charge in [0.25, 0.3) is 5.56 Å². The van der Waals surface area contributed by atoms with Crippen LogP contribution in [0.5, 0.6) is 5.75 Å². The van der Waals surface area contributed by atoms with Crippen molar-refractivity contribution in [3.63, 3.8) is 0 Å². The van der Waals surface area contributed by atoms with E-state index in [2.05, 4.69) is 15.9 Å². The van der Waals surface area contributed by atoms with Crippen LogP contribution in [-0.4, -0.2) is 9.67 Å². The van der Waals surface area contributed by atoms with E-state index in [-0.39, 0.29) is 21.9 Å². The van der Waals surface area contributed by atoms with Gasteiger partial charge in [-0.15, -0.1) is 0 Å². The van der Waals surface area contributed by atoms with Crippen LogP contribution in [0, 0.1) is 0 Å². The predicted octanol–water partition coefficient (Wildman–Crippen LogP) is 4.19. The minimum absolute atomic E-state index is 0.0294. The van der Waals surface area contributed by atoms with E-state index in [0.717, 1.165) is 19.2 Å². The van der Waals surface area contributed by atoms with E-state index in [1.165, 1.54) is 12.1 Å². The fourth-order valence-electron chi connectivity index (χ4n) is 1.87. The van der Waals surface area contributed by atoms with E-state index in [0.29, 0.717) is 9.04 Å². The highest BCUT2D eigenvalue weighted by Crippen LogP contribution is 2.36. The molecule has 0 aliphatic heterocycles.